The van der Waals surface area contributed by atoms with E-state index in [9.17, 15) is 17.6 Å². The van der Waals surface area contributed by atoms with Gasteiger partial charge in [-0.25, -0.2) is 12.8 Å². The van der Waals surface area contributed by atoms with Crippen LogP contribution in [0.25, 0.3) is 0 Å². The molecular formula is C17H26FN3O3S. The molecule has 8 heteroatoms. The number of piperazine rings is 1. The van der Waals surface area contributed by atoms with Crippen molar-refractivity contribution in [1.82, 2.24) is 14.5 Å². The molecular weight excluding hydrogens is 345 g/mol. The number of sulfonamides is 1. The second kappa shape index (κ2) is 7.80. The summed E-state index contributed by atoms with van der Waals surface area (Å²) < 4.78 is 40.2. The van der Waals surface area contributed by atoms with Crippen molar-refractivity contribution >= 4 is 15.9 Å². The Hall–Kier alpha value is -1.51. The van der Waals surface area contributed by atoms with Crippen LogP contribution in [0.5, 0.6) is 0 Å². The summed E-state index contributed by atoms with van der Waals surface area (Å²) in [7, 11) is -3.85. The van der Waals surface area contributed by atoms with Gasteiger partial charge in [0.1, 0.15) is 10.7 Å². The Morgan fingerprint density at radius 1 is 1.20 bits per heavy atom. The maximum atomic E-state index is 13.8. The Labute approximate surface area is 149 Å². The molecule has 0 aromatic heterocycles. The number of carbonyl (C=O) groups excluding carboxylic acids is 1. The average Bonchev–Trinajstić information content (AvgIpc) is 2.55. The third-order valence-electron chi connectivity index (χ3n) is 4.51. The summed E-state index contributed by atoms with van der Waals surface area (Å²) in [6.45, 7) is 7.51. The molecule has 0 atom stereocenters. The van der Waals surface area contributed by atoms with Crippen LogP contribution >= 0.6 is 0 Å². The first-order chi connectivity index (χ1) is 11.7. The molecule has 0 aliphatic carbocycles. The second-order valence-electron chi connectivity index (χ2n) is 6.90. The van der Waals surface area contributed by atoms with Crippen molar-refractivity contribution in [3.63, 3.8) is 0 Å². The van der Waals surface area contributed by atoms with E-state index in [-0.39, 0.29) is 36.0 Å². The zero-order valence-electron chi connectivity index (χ0n) is 15.0. The number of hydrogen-bond acceptors (Lipinski definition) is 4. The van der Waals surface area contributed by atoms with Gasteiger partial charge >= 0.3 is 0 Å². The number of carbonyl (C=O) groups is 1. The summed E-state index contributed by atoms with van der Waals surface area (Å²) in [5.74, 6) is -0.816. The first kappa shape index (κ1) is 19.8. The molecule has 0 unspecified atom stereocenters. The van der Waals surface area contributed by atoms with Gasteiger partial charge in [0.05, 0.1) is 6.54 Å². The molecule has 0 radical (unpaired) electrons. The van der Waals surface area contributed by atoms with Gasteiger partial charge in [0.2, 0.25) is 15.9 Å². The summed E-state index contributed by atoms with van der Waals surface area (Å²) in [5.41, 5.74) is -0.257. The Balaban J connectivity index is 1.94. The minimum atomic E-state index is -3.85. The Morgan fingerprint density at radius 3 is 2.36 bits per heavy atom. The van der Waals surface area contributed by atoms with Gasteiger partial charge in [0, 0.05) is 31.7 Å². The largest absolute Gasteiger partial charge is 0.350 e. The molecule has 0 spiro atoms. The maximum absolute atomic E-state index is 13.8. The van der Waals surface area contributed by atoms with Crippen molar-refractivity contribution in [1.29, 1.82) is 0 Å². The summed E-state index contributed by atoms with van der Waals surface area (Å²) in [4.78, 5) is 13.7. The number of halogens is 1. The van der Waals surface area contributed by atoms with E-state index in [1.807, 2.05) is 25.7 Å². The van der Waals surface area contributed by atoms with Crippen LogP contribution in [0.4, 0.5) is 4.39 Å². The number of rotatable bonds is 6. The fourth-order valence-electron chi connectivity index (χ4n) is 2.63. The molecule has 140 valence electrons. The molecule has 1 N–H and O–H groups in total. The van der Waals surface area contributed by atoms with Gasteiger partial charge in [-0.05, 0) is 32.4 Å². The predicted molar refractivity (Wildman–Crippen MR) is 94.1 cm³/mol. The van der Waals surface area contributed by atoms with Crippen molar-refractivity contribution in [2.45, 2.75) is 37.6 Å². The molecule has 1 saturated heterocycles. The molecule has 1 aromatic carbocycles. The van der Waals surface area contributed by atoms with E-state index in [0.29, 0.717) is 13.1 Å². The van der Waals surface area contributed by atoms with Gasteiger partial charge in [0.25, 0.3) is 0 Å². The molecule has 1 aliphatic heterocycles. The molecule has 1 heterocycles. The summed E-state index contributed by atoms with van der Waals surface area (Å²) in [6, 6.07) is 5.38. The smallest absolute Gasteiger partial charge is 0.246 e. The number of hydrogen-bond donors (Lipinski definition) is 1. The molecule has 1 fully saturated rings. The maximum Gasteiger partial charge on any atom is 0.246 e. The zero-order valence-corrected chi connectivity index (χ0v) is 15.8. The van der Waals surface area contributed by atoms with Gasteiger partial charge < -0.3 is 5.32 Å². The lowest BCUT2D eigenvalue weighted by atomic mass is 10.0. The summed E-state index contributed by atoms with van der Waals surface area (Å²) in [6.07, 6.45) is 0.827. The molecule has 2 rings (SSSR count). The van der Waals surface area contributed by atoms with Crippen LogP contribution in [-0.4, -0.2) is 61.8 Å². The van der Waals surface area contributed by atoms with Crippen LogP contribution in [0.3, 0.4) is 0 Å². The molecule has 25 heavy (non-hydrogen) atoms. The molecule has 1 aliphatic rings. The SMILES string of the molecule is CCC(C)(C)NC(=O)CN1CCN(S(=O)(=O)c2ccccc2F)CC1. The first-order valence-corrected chi connectivity index (χ1v) is 9.88. The van der Waals surface area contributed by atoms with Gasteiger partial charge in [-0.2, -0.15) is 4.31 Å². The normalized spacial score (nSPS) is 17.4. The van der Waals surface area contributed by atoms with Crippen molar-refractivity contribution in [3.8, 4) is 0 Å². The third kappa shape index (κ3) is 4.99. The molecule has 0 bridgehead atoms. The molecule has 0 saturated carbocycles. The van der Waals surface area contributed by atoms with E-state index in [1.165, 1.54) is 22.5 Å². The van der Waals surface area contributed by atoms with Crippen LogP contribution in [0.15, 0.2) is 29.2 Å². The molecule has 1 aromatic rings. The van der Waals surface area contributed by atoms with Crippen molar-refractivity contribution < 1.29 is 17.6 Å². The number of benzene rings is 1. The van der Waals surface area contributed by atoms with Crippen molar-refractivity contribution in [3.05, 3.63) is 30.1 Å². The van der Waals surface area contributed by atoms with Crippen LogP contribution in [-0.2, 0) is 14.8 Å². The lowest BCUT2D eigenvalue weighted by Crippen LogP contribution is -2.53. The van der Waals surface area contributed by atoms with Crippen molar-refractivity contribution in [2.24, 2.45) is 0 Å². The van der Waals surface area contributed by atoms with Gasteiger partial charge in [-0.15, -0.1) is 0 Å². The highest BCUT2D eigenvalue weighted by atomic mass is 32.2. The van der Waals surface area contributed by atoms with E-state index >= 15 is 0 Å². The van der Waals surface area contributed by atoms with E-state index in [0.717, 1.165) is 12.5 Å². The lowest BCUT2D eigenvalue weighted by Gasteiger charge is -2.34. The van der Waals surface area contributed by atoms with E-state index < -0.39 is 15.8 Å². The first-order valence-electron chi connectivity index (χ1n) is 8.44. The van der Waals surface area contributed by atoms with E-state index in [4.69, 9.17) is 0 Å². The quantitative estimate of drug-likeness (QED) is 0.821. The number of nitrogens with one attached hydrogen (secondary N) is 1. The highest BCUT2D eigenvalue weighted by Crippen LogP contribution is 2.20. The van der Waals surface area contributed by atoms with Crippen LogP contribution < -0.4 is 5.32 Å². The lowest BCUT2D eigenvalue weighted by molar-refractivity contribution is -0.124. The van der Waals surface area contributed by atoms with Crippen LogP contribution in [0.1, 0.15) is 27.2 Å². The van der Waals surface area contributed by atoms with Crippen molar-refractivity contribution in [2.75, 3.05) is 32.7 Å². The topological polar surface area (TPSA) is 69.7 Å². The van der Waals surface area contributed by atoms with Crippen LogP contribution in [0.2, 0.25) is 0 Å². The van der Waals surface area contributed by atoms with Gasteiger partial charge in [-0.3, -0.25) is 9.69 Å². The summed E-state index contributed by atoms with van der Waals surface area (Å²) in [5, 5.41) is 2.97. The monoisotopic (exact) mass is 371 g/mol. The third-order valence-corrected chi connectivity index (χ3v) is 6.45. The Kier molecular flexibility index (Phi) is 6.18. The zero-order chi connectivity index (χ0) is 18.7. The molecule has 6 nitrogen and oxygen atoms in total. The molecule has 1 amide bonds. The minimum absolute atomic E-state index is 0.0720. The highest BCUT2D eigenvalue weighted by Gasteiger charge is 2.31. The Bertz CT molecular complexity index is 714. The predicted octanol–water partition coefficient (Wildman–Crippen LogP) is 1.44. The fraction of sp³-hybridized carbons (Fsp3) is 0.588. The van der Waals surface area contributed by atoms with E-state index in [2.05, 4.69) is 5.32 Å². The standard InChI is InChI=1S/C17H26FN3O3S/c1-4-17(2,3)19-16(22)13-20-9-11-21(12-10-20)25(23,24)15-8-6-5-7-14(15)18/h5-8H,4,9-13H2,1-3H3,(H,19,22). The van der Waals surface area contributed by atoms with Gasteiger partial charge in [0.15, 0.2) is 0 Å². The minimum Gasteiger partial charge on any atom is -0.350 e. The fourth-order valence-corrected chi connectivity index (χ4v) is 4.12. The van der Waals surface area contributed by atoms with Crippen LogP contribution in [0, 0.1) is 5.82 Å². The second-order valence-corrected chi connectivity index (χ2v) is 8.80. The Morgan fingerprint density at radius 2 is 1.80 bits per heavy atom. The highest BCUT2D eigenvalue weighted by molar-refractivity contribution is 7.89. The van der Waals surface area contributed by atoms with E-state index in [1.54, 1.807) is 0 Å². The average molecular weight is 371 g/mol. The summed E-state index contributed by atoms with van der Waals surface area (Å²) >= 11 is 0. The number of amides is 1. The van der Waals surface area contributed by atoms with Gasteiger partial charge in [-0.1, -0.05) is 19.1 Å². The number of nitrogens with zero attached hydrogens (tertiary/aromatic N) is 2.